The number of aliphatic imine (C=N–C) groups is 1. The van der Waals surface area contributed by atoms with Crippen LogP contribution in [0.4, 0.5) is 0 Å². The van der Waals surface area contributed by atoms with Crippen LogP contribution >= 0.6 is 0 Å². The van der Waals surface area contributed by atoms with Crippen molar-refractivity contribution in [2.45, 2.75) is 71.4 Å². The molecule has 1 saturated carbocycles. The summed E-state index contributed by atoms with van der Waals surface area (Å²) in [5, 5.41) is 8.13. The van der Waals surface area contributed by atoms with Crippen LogP contribution in [0.3, 0.4) is 0 Å². The first kappa shape index (κ1) is 13.5. The van der Waals surface area contributed by atoms with Gasteiger partial charge < -0.3 is 0 Å². The third-order valence-corrected chi connectivity index (χ3v) is 3.99. The summed E-state index contributed by atoms with van der Waals surface area (Å²) < 4.78 is 0. The molecule has 1 N–H and O–H groups in total. The molecule has 2 aliphatic rings. The molecule has 4 nitrogen and oxygen atoms in total. The highest BCUT2D eigenvalue weighted by atomic mass is 15.5. The van der Waals surface area contributed by atoms with Crippen LogP contribution in [0.2, 0.25) is 0 Å². The maximum atomic E-state index is 4.70. The number of nitrogens with one attached hydrogen (secondary N) is 1. The van der Waals surface area contributed by atoms with Crippen molar-refractivity contribution in [2.24, 2.45) is 27.2 Å². The van der Waals surface area contributed by atoms with Crippen molar-refractivity contribution in [1.29, 1.82) is 0 Å². The largest absolute Gasteiger partial charge is 0.246 e. The number of rotatable bonds is 1. The van der Waals surface area contributed by atoms with E-state index in [4.69, 9.17) is 4.99 Å². The molecule has 1 aliphatic heterocycles. The highest BCUT2D eigenvalue weighted by Gasteiger charge is 2.25. The van der Waals surface area contributed by atoms with E-state index < -0.39 is 0 Å². The Morgan fingerprint density at radius 1 is 1.06 bits per heavy atom. The predicted octanol–water partition coefficient (Wildman–Crippen LogP) is 4.09. The summed E-state index contributed by atoms with van der Waals surface area (Å²) in [6.45, 7) is 6.40. The maximum Gasteiger partial charge on any atom is 0.169 e. The smallest absolute Gasteiger partial charge is 0.169 e. The Balaban J connectivity index is 2.00. The van der Waals surface area contributed by atoms with Crippen molar-refractivity contribution < 1.29 is 0 Å². The van der Waals surface area contributed by atoms with Gasteiger partial charge >= 0.3 is 0 Å². The lowest BCUT2D eigenvalue weighted by molar-refractivity contribution is 0.445. The first-order valence-electron chi connectivity index (χ1n) is 7.34. The Morgan fingerprint density at radius 2 is 1.72 bits per heavy atom. The summed E-state index contributed by atoms with van der Waals surface area (Å²) >= 11 is 0. The molecule has 0 aromatic rings. The van der Waals surface area contributed by atoms with Gasteiger partial charge in [-0.2, -0.15) is 0 Å². The van der Waals surface area contributed by atoms with Crippen molar-refractivity contribution in [3.8, 4) is 0 Å². The molecule has 18 heavy (non-hydrogen) atoms. The van der Waals surface area contributed by atoms with Crippen LogP contribution in [-0.2, 0) is 0 Å². The van der Waals surface area contributed by atoms with E-state index in [2.05, 4.69) is 22.7 Å². The van der Waals surface area contributed by atoms with E-state index in [1.165, 1.54) is 44.9 Å². The molecule has 0 aromatic carbocycles. The third-order valence-electron chi connectivity index (χ3n) is 3.99. The van der Waals surface area contributed by atoms with Gasteiger partial charge in [0.1, 0.15) is 5.84 Å². The molecule has 0 saturated heterocycles. The Kier molecular flexibility index (Phi) is 4.36. The fraction of sp³-hybridized carbons (Fsp3) is 0.929. The molecule has 102 valence electrons. The molecule has 1 aliphatic carbocycles. The first-order chi connectivity index (χ1) is 8.57. The maximum absolute atomic E-state index is 4.70. The Morgan fingerprint density at radius 3 is 2.50 bits per heavy atom. The van der Waals surface area contributed by atoms with Crippen LogP contribution in [0.1, 0.15) is 65.7 Å². The van der Waals surface area contributed by atoms with Crippen LogP contribution in [0.25, 0.3) is 0 Å². The third kappa shape index (κ3) is 3.79. The SMILES string of the molecule is CC1CCCCC(C2=NC(C)(C)N=NN2)CCC1. The minimum absolute atomic E-state index is 0.383. The molecule has 0 radical (unpaired) electrons. The lowest BCUT2D eigenvalue weighted by Crippen LogP contribution is -2.34. The number of amidine groups is 1. The Labute approximate surface area is 110 Å². The number of hydrogen-bond acceptors (Lipinski definition) is 4. The first-order valence-corrected chi connectivity index (χ1v) is 7.34. The number of hydrogen-bond donors (Lipinski definition) is 1. The highest BCUT2D eigenvalue weighted by Crippen LogP contribution is 2.27. The molecule has 2 unspecified atom stereocenters. The standard InChI is InChI=1S/C14H26N4/c1-11-7-4-5-9-12(10-6-8-11)13-15-14(2,3)17-18-16-13/h11-12H,4-10H2,1-3H3,(H,15,16,17). The molecule has 2 atom stereocenters. The minimum Gasteiger partial charge on any atom is -0.246 e. The molecule has 0 spiro atoms. The predicted molar refractivity (Wildman–Crippen MR) is 74.5 cm³/mol. The summed E-state index contributed by atoms with van der Waals surface area (Å²) in [6, 6.07) is 0. The highest BCUT2D eigenvalue weighted by molar-refractivity contribution is 5.84. The van der Waals surface area contributed by atoms with Gasteiger partial charge in [-0.1, -0.05) is 44.3 Å². The molecule has 1 fully saturated rings. The van der Waals surface area contributed by atoms with Crippen LogP contribution < -0.4 is 5.43 Å². The average Bonchev–Trinajstić information content (AvgIpc) is 2.40. The number of nitrogens with zero attached hydrogens (tertiary/aromatic N) is 3. The molecule has 0 bridgehead atoms. The van der Waals surface area contributed by atoms with Crippen molar-refractivity contribution >= 4 is 5.84 Å². The monoisotopic (exact) mass is 250 g/mol. The lowest BCUT2D eigenvalue weighted by atomic mass is 9.95. The van der Waals surface area contributed by atoms with Crippen LogP contribution in [0.15, 0.2) is 15.3 Å². The second-order valence-corrected chi connectivity index (χ2v) is 6.32. The molecule has 4 heteroatoms. The van der Waals surface area contributed by atoms with Crippen LogP contribution in [-0.4, -0.2) is 11.5 Å². The van der Waals surface area contributed by atoms with Gasteiger partial charge in [0.05, 0.1) is 0 Å². The Bertz CT molecular complexity index is 333. The zero-order valence-electron chi connectivity index (χ0n) is 11.9. The van der Waals surface area contributed by atoms with Gasteiger partial charge in [-0.25, -0.2) is 10.4 Å². The second kappa shape index (κ2) is 5.81. The Hall–Kier alpha value is -0.930. The topological polar surface area (TPSA) is 49.1 Å². The van der Waals surface area contributed by atoms with Gasteiger partial charge in [-0.15, -0.1) is 5.11 Å². The second-order valence-electron chi connectivity index (χ2n) is 6.32. The van der Waals surface area contributed by atoms with E-state index in [0.29, 0.717) is 5.92 Å². The van der Waals surface area contributed by atoms with E-state index >= 15 is 0 Å². The van der Waals surface area contributed by atoms with Gasteiger partial charge in [0.15, 0.2) is 5.66 Å². The van der Waals surface area contributed by atoms with Gasteiger partial charge in [0.2, 0.25) is 0 Å². The minimum atomic E-state index is -0.383. The summed E-state index contributed by atoms with van der Waals surface area (Å²) in [7, 11) is 0. The summed E-state index contributed by atoms with van der Waals surface area (Å²) in [6.07, 6.45) is 9.20. The van der Waals surface area contributed by atoms with Gasteiger partial charge in [0, 0.05) is 5.92 Å². The molecule has 0 amide bonds. The van der Waals surface area contributed by atoms with Gasteiger partial charge in [-0.3, -0.25) is 0 Å². The molecule has 0 aromatic heterocycles. The van der Waals surface area contributed by atoms with E-state index in [1.807, 2.05) is 13.8 Å². The quantitative estimate of drug-likeness (QED) is 0.748. The summed E-state index contributed by atoms with van der Waals surface area (Å²) in [4.78, 5) is 4.70. The van der Waals surface area contributed by atoms with Gasteiger partial charge in [-0.05, 0) is 32.6 Å². The van der Waals surface area contributed by atoms with E-state index in [1.54, 1.807) is 0 Å². The van der Waals surface area contributed by atoms with E-state index in [-0.39, 0.29) is 5.66 Å². The summed E-state index contributed by atoms with van der Waals surface area (Å²) in [5.41, 5.74) is 2.65. The molecule has 2 rings (SSSR count). The zero-order valence-corrected chi connectivity index (χ0v) is 11.9. The van der Waals surface area contributed by atoms with E-state index in [0.717, 1.165) is 11.8 Å². The van der Waals surface area contributed by atoms with Crippen LogP contribution in [0.5, 0.6) is 0 Å². The zero-order chi connectivity index (χ0) is 13.0. The fourth-order valence-corrected chi connectivity index (χ4v) is 2.88. The van der Waals surface area contributed by atoms with Crippen molar-refractivity contribution in [1.82, 2.24) is 5.43 Å². The van der Waals surface area contributed by atoms with Crippen LogP contribution in [0, 0.1) is 11.8 Å². The molecule has 1 heterocycles. The van der Waals surface area contributed by atoms with Crippen molar-refractivity contribution in [2.75, 3.05) is 0 Å². The fourth-order valence-electron chi connectivity index (χ4n) is 2.88. The van der Waals surface area contributed by atoms with Crippen molar-refractivity contribution in [3.63, 3.8) is 0 Å². The normalized spacial score (nSPS) is 32.7. The average molecular weight is 250 g/mol. The van der Waals surface area contributed by atoms with E-state index in [9.17, 15) is 0 Å². The summed E-state index contributed by atoms with van der Waals surface area (Å²) in [5.74, 6) is 2.50. The molecular formula is C14H26N4. The lowest BCUT2D eigenvalue weighted by Gasteiger charge is -2.25. The molecular weight excluding hydrogens is 224 g/mol. The van der Waals surface area contributed by atoms with Crippen molar-refractivity contribution in [3.05, 3.63) is 0 Å². The van der Waals surface area contributed by atoms with Gasteiger partial charge in [0.25, 0.3) is 0 Å².